The second-order valence-corrected chi connectivity index (χ2v) is 22.0. The molecule has 3 aromatic heterocycles. The van der Waals surface area contributed by atoms with E-state index >= 15 is 43.9 Å². The molecule has 472 valence electrons. The number of benzene rings is 11. The summed E-state index contributed by atoms with van der Waals surface area (Å²) in [4.78, 5) is 0. The van der Waals surface area contributed by atoms with Crippen molar-refractivity contribution in [1.29, 1.82) is 0 Å². The fraction of sp³-hybridized carbons (Fsp3) is 0. The number of hydrogen-bond acceptors (Lipinski definition) is 1. The summed E-state index contributed by atoms with van der Waals surface area (Å²) in [5, 5.41) is -1.39. The number of hydrogen-bond donors (Lipinski definition) is 0. The Morgan fingerprint density at radius 2 is 0.447 bits per heavy atom. The number of thiophene rings is 1. The average molecular weight is 1340 g/mol. The second-order valence-electron chi connectivity index (χ2n) is 21.0. The predicted octanol–water partition coefficient (Wildman–Crippen LogP) is 22.1. The summed E-state index contributed by atoms with van der Waals surface area (Å²) >= 11 is 0.554. The first kappa shape index (κ1) is 61.0. The molecule has 0 atom stereocenters. The molecular formula is C66H17F25N2S. The van der Waals surface area contributed by atoms with E-state index in [9.17, 15) is 65.9 Å². The molecule has 14 rings (SSSR count). The molecule has 0 N–H and O–H groups in total. The summed E-state index contributed by atoms with van der Waals surface area (Å²) in [6.45, 7) is 0. The van der Waals surface area contributed by atoms with Crippen molar-refractivity contribution in [1.82, 2.24) is 9.13 Å². The quantitative estimate of drug-likeness (QED) is 0.0855. The van der Waals surface area contributed by atoms with Crippen LogP contribution in [0.5, 0.6) is 0 Å². The van der Waals surface area contributed by atoms with Crippen LogP contribution in [0.15, 0.2) is 103 Å². The summed E-state index contributed by atoms with van der Waals surface area (Å²) in [5.74, 6) is -61.2. The zero-order valence-electron chi connectivity index (χ0n) is 45.1. The highest BCUT2D eigenvalue weighted by molar-refractivity contribution is 7.26. The monoisotopic (exact) mass is 1340 g/mol. The number of nitrogens with zero attached hydrogens (tertiary/aromatic N) is 2. The third kappa shape index (κ3) is 8.41. The summed E-state index contributed by atoms with van der Waals surface area (Å²) in [5.41, 5.74) is -12.6. The molecule has 0 bridgehead atoms. The molecule has 11 aromatic carbocycles. The normalized spacial score (nSPS) is 12.1. The fourth-order valence-electron chi connectivity index (χ4n) is 11.8. The molecule has 14 aromatic rings. The predicted molar refractivity (Wildman–Crippen MR) is 294 cm³/mol. The second kappa shape index (κ2) is 21.3. The minimum absolute atomic E-state index is 0.0145. The fourth-order valence-corrected chi connectivity index (χ4v) is 13.0. The molecule has 2 nitrogen and oxygen atoms in total. The van der Waals surface area contributed by atoms with Crippen LogP contribution in [-0.2, 0) is 0 Å². The lowest BCUT2D eigenvalue weighted by atomic mass is 9.94. The van der Waals surface area contributed by atoms with Crippen molar-refractivity contribution < 1.29 is 110 Å². The van der Waals surface area contributed by atoms with Crippen molar-refractivity contribution in [2.75, 3.05) is 0 Å². The van der Waals surface area contributed by atoms with Crippen LogP contribution < -0.4 is 0 Å². The first-order valence-corrected chi connectivity index (χ1v) is 27.1. The van der Waals surface area contributed by atoms with Gasteiger partial charge >= 0.3 is 0 Å². The molecule has 0 aliphatic heterocycles. The Morgan fingerprint density at radius 3 is 0.777 bits per heavy atom. The van der Waals surface area contributed by atoms with Crippen LogP contribution in [0, 0.1) is 145 Å². The Bertz CT molecular complexity index is 5560. The summed E-state index contributed by atoms with van der Waals surface area (Å²) in [6.07, 6.45) is 0. The van der Waals surface area contributed by atoms with Gasteiger partial charge in [0.1, 0.15) is 0 Å². The SMILES string of the molecule is Fc1c(F)c(F)c(-c2cc(-c3c(F)c(F)c(F)c(F)c3F)c3sc4ccc(-n5c6ccc(-c7c(F)c(F)c(F)c(F)c7F)cc6c6cc(-n7c8ccc(-c9c(F)c(F)c(F)c(F)c9F)cc8c8cc(-c9c(F)c(F)c(F)c(F)c9F)ccc87)ccc65)cc4c3c2)c(F)c1F. The lowest BCUT2D eigenvalue weighted by molar-refractivity contribution is 0.381. The third-order valence-corrected chi connectivity index (χ3v) is 17.3. The molecule has 0 aliphatic carbocycles. The third-order valence-electron chi connectivity index (χ3n) is 16.1. The van der Waals surface area contributed by atoms with Gasteiger partial charge in [0.25, 0.3) is 0 Å². The number of aromatic nitrogens is 2. The van der Waals surface area contributed by atoms with E-state index in [2.05, 4.69) is 0 Å². The van der Waals surface area contributed by atoms with Gasteiger partial charge in [0, 0.05) is 58.7 Å². The van der Waals surface area contributed by atoms with Gasteiger partial charge in [-0.25, -0.2) is 110 Å². The van der Waals surface area contributed by atoms with Gasteiger partial charge in [0.2, 0.25) is 29.1 Å². The van der Waals surface area contributed by atoms with Gasteiger partial charge in [0.05, 0.1) is 49.9 Å². The van der Waals surface area contributed by atoms with Crippen LogP contribution in [0.4, 0.5) is 110 Å². The Hall–Kier alpha value is -10.5. The highest BCUT2D eigenvalue weighted by Gasteiger charge is 2.35. The lowest BCUT2D eigenvalue weighted by Gasteiger charge is -2.14. The van der Waals surface area contributed by atoms with Gasteiger partial charge in [-0.1, -0.05) is 18.2 Å². The highest BCUT2D eigenvalue weighted by atomic mass is 32.1. The van der Waals surface area contributed by atoms with Crippen molar-refractivity contribution in [3.63, 3.8) is 0 Å². The molecule has 3 heterocycles. The molecular weight excluding hydrogens is 1330 g/mol. The molecule has 94 heavy (non-hydrogen) atoms. The Kier molecular flexibility index (Phi) is 13.8. The molecule has 0 radical (unpaired) electrons. The zero-order valence-corrected chi connectivity index (χ0v) is 45.9. The van der Waals surface area contributed by atoms with Crippen molar-refractivity contribution >= 4 is 75.1 Å². The molecule has 0 saturated heterocycles. The minimum Gasteiger partial charge on any atom is -0.309 e. The molecule has 28 heteroatoms. The molecule has 0 spiro atoms. The zero-order chi connectivity index (χ0) is 67.2. The van der Waals surface area contributed by atoms with Gasteiger partial charge in [-0.15, -0.1) is 11.3 Å². The first-order chi connectivity index (χ1) is 44.5. The Morgan fingerprint density at radius 1 is 0.202 bits per heavy atom. The first-order valence-electron chi connectivity index (χ1n) is 26.3. The van der Waals surface area contributed by atoms with Crippen LogP contribution in [0.3, 0.4) is 0 Å². The average Bonchev–Trinajstić information content (AvgIpc) is 1.54. The minimum atomic E-state index is -2.64. The maximum atomic E-state index is 15.8. The van der Waals surface area contributed by atoms with Gasteiger partial charge in [-0.3, -0.25) is 0 Å². The van der Waals surface area contributed by atoms with Gasteiger partial charge in [-0.2, -0.15) is 0 Å². The van der Waals surface area contributed by atoms with Crippen molar-refractivity contribution in [2.24, 2.45) is 0 Å². The van der Waals surface area contributed by atoms with Crippen molar-refractivity contribution in [2.45, 2.75) is 0 Å². The standard InChI is InChI=1S/C66H17F25N2S/c67-41-36(42(68)52(78)61(87)51(41)77)18-1-6-31-24(11-18)25-12-19(37-43(69)53(79)62(88)54(80)44(37)70)2-7-32(25)92(31)22-4-9-34-27(16-22)26-13-20(38-45(71)55(81)63(89)56(82)46(38)72)3-8-33(26)93(34)23-5-10-35-28(17-23)29-14-21(39-47(73)57(83)64(90)58(84)48(39)74)15-30(66(29)94-35)40-49(75)59(85)65(91)60(86)50(40)76/h1-17H. The molecule has 0 amide bonds. The molecule has 0 unspecified atom stereocenters. The molecule has 0 aliphatic rings. The Balaban J connectivity index is 1.06. The van der Waals surface area contributed by atoms with Crippen LogP contribution >= 0.6 is 11.3 Å². The number of rotatable bonds is 7. The van der Waals surface area contributed by atoms with E-state index in [0.29, 0.717) is 17.4 Å². The lowest BCUT2D eigenvalue weighted by Crippen LogP contribution is -2.05. The van der Waals surface area contributed by atoms with Crippen LogP contribution in [0.2, 0.25) is 0 Å². The smallest absolute Gasteiger partial charge is 0.200 e. The topological polar surface area (TPSA) is 9.86 Å². The van der Waals surface area contributed by atoms with Gasteiger partial charge in [0.15, 0.2) is 116 Å². The van der Waals surface area contributed by atoms with E-state index in [0.717, 1.165) is 60.7 Å². The van der Waals surface area contributed by atoms with Gasteiger partial charge < -0.3 is 9.13 Å². The Labute approximate surface area is 508 Å². The molecule has 0 saturated carbocycles. The summed E-state index contributed by atoms with van der Waals surface area (Å²) in [6, 6.07) is 17.3. The van der Waals surface area contributed by atoms with E-state index in [1.165, 1.54) is 45.5 Å². The van der Waals surface area contributed by atoms with Crippen molar-refractivity contribution in [3.05, 3.63) is 249 Å². The van der Waals surface area contributed by atoms with E-state index in [1.807, 2.05) is 0 Å². The van der Waals surface area contributed by atoms with E-state index < -0.39 is 211 Å². The highest BCUT2D eigenvalue weighted by Crippen LogP contribution is 2.49. The van der Waals surface area contributed by atoms with E-state index in [1.54, 1.807) is 0 Å². The summed E-state index contributed by atoms with van der Waals surface area (Å²) in [7, 11) is 0. The number of halogens is 25. The maximum Gasteiger partial charge on any atom is 0.200 e. The van der Waals surface area contributed by atoms with Crippen LogP contribution in [0.25, 0.3) is 131 Å². The van der Waals surface area contributed by atoms with Crippen molar-refractivity contribution in [3.8, 4) is 67.0 Å². The number of fused-ring (bicyclic) bond motifs is 9. The van der Waals surface area contributed by atoms with E-state index in [-0.39, 0.29) is 65.1 Å². The van der Waals surface area contributed by atoms with E-state index in [4.69, 9.17) is 0 Å². The summed E-state index contributed by atoms with van der Waals surface area (Å²) < 4.78 is 379. The largest absolute Gasteiger partial charge is 0.309 e. The van der Waals surface area contributed by atoms with Crippen LogP contribution in [-0.4, -0.2) is 9.13 Å². The van der Waals surface area contributed by atoms with Crippen LogP contribution in [0.1, 0.15) is 0 Å². The maximum absolute atomic E-state index is 15.8. The van der Waals surface area contributed by atoms with Gasteiger partial charge in [-0.05, 0) is 107 Å². The molecule has 0 fully saturated rings.